The van der Waals surface area contributed by atoms with Gasteiger partial charge in [-0.25, -0.2) is 13.4 Å². The van der Waals surface area contributed by atoms with Crippen molar-refractivity contribution in [2.75, 3.05) is 60.9 Å². The van der Waals surface area contributed by atoms with Gasteiger partial charge in [-0.2, -0.15) is 4.98 Å². The Balaban J connectivity index is 1.28. The van der Waals surface area contributed by atoms with Crippen LogP contribution in [0.25, 0.3) is 11.3 Å². The van der Waals surface area contributed by atoms with Crippen molar-refractivity contribution in [2.45, 2.75) is 19.3 Å². The molecule has 0 amide bonds. The Morgan fingerprint density at radius 3 is 2.58 bits per heavy atom. The third kappa shape index (κ3) is 5.55. The Bertz CT molecular complexity index is 1330. The second-order valence-corrected chi connectivity index (χ2v) is 11.2. The van der Waals surface area contributed by atoms with Crippen molar-refractivity contribution in [3.8, 4) is 17.0 Å². The van der Waals surface area contributed by atoms with Gasteiger partial charge in [0.1, 0.15) is 11.6 Å². The number of ether oxygens (including phenoxy) is 1. The number of aryl methyl sites for hydroxylation is 1. The number of para-hydroxylation sites is 1. The average Bonchev–Trinajstić information content (AvgIpc) is 2.87. The monoisotopic (exact) mass is 508 g/mol. The summed E-state index contributed by atoms with van der Waals surface area (Å²) in [5.74, 6) is 1.91. The van der Waals surface area contributed by atoms with Crippen molar-refractivity contribution >= 4 is 27.5 Å². The molecule has 1 saturated heterocycles. The summed E-state index contributed by atoms with van der Waals surface area (Å²) in [6, 6.07) is 15.0. The first-order valence-electron chi connectivity index (χ1n) is 12.3. The van der Waals surface area contributed by atoms with Crippen LogP contribution < -0.4 is 20.1 Å². The maximum absolute atomic E-state index is 12.7. The van der Waals surface area contributed by atoms with Crippen LogP contribution in [0.1, 0.15) is 17.5 Å². The molecule has 0 bridgehead atoms. The first-order valence-corrected chi connectivity index (χ1v) is 13.9. The molecule has 2 aromatic carbocycles. The molecule has 3 aromatic rings. The van der Waals surface area contributed by atoms with E-state index in [0.717, 1.165) is 73.0 Å². The second kappa shape index (κ2) is 10.3. The fraction of sp³-hybridized carbons (Fsp3) is 0.385. The molecule has 3 N–H and O–H groups in total. The van der Waals surface area contributed by atoms with E-state index in [1.165, 1.54) is 0 Å². The summed E-state index contributed by atoms with van der Waals surface area (Å²) < 4.78 is 33.6. The predicted octanol–water partition coefficient (Wildman–Crippen LogP) is 2.79. The molecule has 1 aromatic heterocycles. The average molecular weight is 509 g/mol. The molecule has 9 nitrogen and oxygen atoms in total. The van der Waals surface area contributed by atoms with Crippen LogP contribution in [0.15, 0.2) is 48.5 Å². The largest absolute Gasteiger partial charge is 0.494 e. The van der Waals surface area contributed by atoms with Crippen LogP contribution in [-0.2, 0) is 22.9 Å². The normalized spacial score (nSPS) is 15.8. The van der Waals surface area contributed by atoms with Crippen LogP contribution in [0.2, 0.25) is 0 Å². The molecule has 190 valence electrons. The number of hydrogen-bond donors (Lipinski definition) is 2. The van der Waals surface area contributed by atoms with Gasteiger partial charge in [-0.05, 0) is 56.1 Å². The molecule has 0 unspecified atom stereocenters. The zero-order valence-corrected chi connectivity index (χ0v) is 21.3. The molecule has 36 heavy (non-hydrogen) atoms. The van der Waals surface area contributed by atoms with E-state index in [0.29, 0.717) is 18.7 Å². The van der Waals surface area contributed by atoms with E-state index in [4.69, 9.17) is 10.5 Å². The van der Waals surface area contributed by atoms with Crippen LogP contribution in [0.3, 0.4) is 0 Å². The summed E-state index contributed by atoms with van der Waals surface area (Å²) in [6.07, 6.45) is 1.97. The molecule has 10 heteroatoms. The first-order chi connectivity index (χ1) is 17.4. The lowest BCUT2D eigenvalue weighted by atomic mass is 9.88. The minimum absolute atomic E-state index is 0.0160. The van der Waals surface area contributed by atoms with Gasteiger partial charge < -0.3 is 20.3 Å². The highest BCUT2D eigenvalue weighted by Gasteiger charge is 2.26. The summed E-state index contributed by atoms with van der Waals surface area (Å²) in [7, 11) is -1.37. The highest BCUT2D eigenvalue weighted by atomic mass is 32.2. The number of benzene rings is 2. The smallest absolute Gasteiger partial charge is 0.232 e. The van der Waals surface area contributed by atoms with Crippen molar-refractivity contribution in [1.29, 1.82) is 0 Å². The maximum atomic E-state index is 12.7. The van der Waals surface area contributed by atoms with Gasteiger partial charge in [0, 0.05) is 43.0 Å². The zero-order valence-electron chi connectivity index (χ0n) is 20.5. The van der Waals surface area contributed by atoms with Crippen molar-refractivity contribution in [3.05, 3.63) is 59.7 Å². The molecular formula is C26H32N6O3S. The summed E-state index contributed by atoms with van der Waals surface area (Å²) in [6.45, 7) is 4.11. The van der Waals surface area contributed by atoms with Gasteiger partial charge in [-0.15, -0.1) is 0 Å². The Morgan fingerprint density at radius 2 is 1.81 bits per heavy atom. The number of nitrogen functional groups attached to an aromatic ring is 1. The maximum Gasteiger partial charge on any atom is 0.232 e. The van der Waals surface area contributed by atoms with Crippen LogP contribution in [0, 0.1) is 0 Å². The molecule has 5 rings (SSSR count). The Kier molecular flexibility index (Phi) is 6.97. The van der Waals surface area contributed by atoms with E-state index in [2.05, 4.69) is 31.5 Å². The fourth-order valence-corrected chi connectivity index (χ4v) is 5.85. The minimum Gasteiger partial charge on any atom is -0.494 e. The van der Waals surface area contributed by atoms with Crippen LogP contribution in [0.4, 0.5) is 17.5 Å². The van der Waals surface area contributed by atoms with E-state index in [-0.39, 0.29) is 11.7 Å². The number of piperazine rings is 1. The topological polar surface area (TPSA) is 114 Å². The van der Waals surface area contributed by atoms with Gasteiger partial charge in [-0.3, -0.25) is 4.72 Å². The number of hydrogen-bond acceptors (Lipinski definition) is 8. The number of rotatable bonds is 8. The lowest BCUT2D eigenvalue weighted by Crippen LogP contribution is -2.45. The van der Waals surface area contributed by atoms with Crippen LogP contribution in [0.5, 0.6) is 5.75 Å². The quantitative estimate of drug-likeness (QED) is 0.447. The third-order valence-electron chi connectivity index (χ3n) is 6.65. The van der Waals surface area contributed by atoms with E-state index >= 15 is 0 Å². The van der Waals surface area contributed by atoms with E-state index in [9.17, 15) is 8.42 Å². The standard InChI is InChI=1S/C26H32N6O3S/c1-31-12-14-32(15-13-31)25-23-10-8-19-18-20(9-11-22(19)24(23)28-26(27)29-25)30-36(33,34)17-5-16-35-21-6-3-2-4-7-21/h2-4,6-7,9,11,18,30H,5,8,10,12-17H2,1H3,(H2,27,28,29). The predicted molar refractivity (Wildman–Crippen MR) is 143 cm³/mol. The molecular weight excluding hydrogens is 476 g/mol. The molecule has 0 atom stereocenters. The van der Waals surface area contributed by atoms with E-state index in [1.54, 1.807) is 6.07 Å². The van der Waals surface area contributed by atoms with Gasteiger partial charge in [0.05, 0.1) is 18.1 Å². The van der Waals surface area contributed by atoms with Gasteiger partial charge in [0.15, 0.2) is 0 Å². The van der Waals surface area contributed by atoms with Crippen LogP contribution >= 0.6 is 0 Å². The molecule has 2 aliphatic rings. The summed E-state index contributed by atoms with van der Waals surface area (Å²) in [5.41, 5.74) is 10.7. The van der Waals surface area contributed by atoms with Crippen LogP contribution in [-0.4, -0.2) is 68.9 Å². The molecule has 1 fully saturated rings. The molecule has 1 aliphatic heterocycles. The van der Waals surface area contributed by atoms with Crippen molar-refractivity contribution < 1.29 is 13.2 Å². The Hall–Kier alpha value is -3.37. The number of sulfonamides is 1. The van der Waals surface area contributed by atoms with Gasteiger partial charge >= 0.3 is 0 Å². The van der Waals surface area contributed by atoms with Crippen molar-refractivity contribution in [2.24, 2.45) is 0 Å². The molecule has 2 heterocycles. The number of nitrogens with zero attached hydrogens (tertiary/aromatic N) is 4. The lowest BCUT2D eigenvalue weighted by molar-refractivity contribution is 0.312. The fourth-order valence-electron chi connectivity index (χ4n) is 4.76. The van der Waals surface area contributed by atoms with Gasteiger partial charge in [0.2, 0.25) is 16.0 Å². The van der Waals surface area contributed by atoms with E-state index in [1.807, 2.05) is 42.5 Å². The molecule has 1 aliphatic carbocycles. The summed E-state index contributed by atoms with van der Waals surface area (Å²) >= 11 is 0. The Morgan fingerprint density at radius 1 is 1.03 bits per heavy atom. The minimum atomic E-state index is -3.49. The summed E-state index contributed by atoms with van der Waals surface area (Å²) in [5, 5.41) is 0. The number of fused-ring (bicyclic) bond motifs is 3. The molecule has 0 radical (unpaired) electrons. The zero-order chi connectivity index (χ0) is 25.1. The number of nitrogens with one attached hydrogen (secondary N) is 1. The highest BCUT2D eigenvalue weighted by Crippen LogP contribution is 2.38. The molecule has 0 saturated carbocycles. The third-order valence-corrected chi connectivity index (χ3v) is 8.03. The SMILES string of the molecule is CN1CCN(c2nc(N)nc3c2CCc2cc(NS(=O)(=O)CCCOc4ccccc4)ccc2-3)CC1. The Labute approximate surface area is 212 Å². The van der Waals surface area contributed by atoms with Gasteiger partial charge in [-0.1, -0.05) is 24.3 Å². The van der Waals surface area contributed by atoms with Gasteiger partial charge in [0.25, 0.3) is 0 Å². The van der Waals surface area contributed by atoms with Crippen molar-refractivity contribution in [3.63, 3.8) is 0 Å². The second-order valence-electron chi connectivity index (χ2n) is 9.33. The number of nitrogens with two attached hydrogens (primary N) is 1. The number of likely N-dealkylation sites (N-methyl/N-ethyl adjacent to an activating group) is 1. The van der Waals surface area contributed by atoms with E-state index < -0.39 is 10.0 Å². The highest BCUT2D eigenvalue weighted by molar-refractivity contribution is 7.92. The number of aromatic nitrogens is 2. The lowest BCUT2D eigenvalue weighted by Gasteiger charge is -2.35. The first kappa shape index (κ1) is 24.3. The number of anilines is 3. The van der Waals surface area contributed by atoms with Crippen molar-refractivity contribution in [1.82, 2.24) is 14.9 Å². The summed E-state index contributed by atoms with van der Waals surface area (Å²) in [4.78, 5) is 13.8. The molecule has 0 spiro atoms.